The van der Waals surface area contributed by atoms with E-state index in [4.69, 9.17) is 10.5 Å². The number of hydrogen-bond donors (Lipinski definition) is 2. The molecule has 0 atom stereocenters. The molecule has 1 aliphatic rings. The van der Waals surface area contributed by atoms with E-state index in [-0.39, 0.29) is 5.91 Å². The lowest BCUT2D eigenvalue weighted by atomic mass is 9.85. The van der Waals surface area contributed by atoms with Crippen LogP contribution in [0.15, 0.2) is 0 Å². The number of nitrogens with two attached hydrogens (primary N) is 1. The lowest BCUT2D eigenvalue weighted by molar-refractivity contribution is -0.124. The average Bonchev–Trinajstić information content (AvgIpc) is 3.05. The van der Waals surface area contributed by atoms with E-state index in [2.05, 4.69) is 5.32 Å². The van der Waals surface area contributed by atoms with Crippen molar-refractivity contribution in [1.29, 1.82) is 0 Å². The highest BCUT2D eigenvalue weighted by atomic mass is 32.1. The van der Waals surface area contributed by atoms with Crippen LogP contribution in [0.2, 0.25) is 0 Å². The van der Waals surface area contributed by atoms with Gasteiger partial charge in [-0.3, -0.25) is 4.79 Å². The van der Waals surface area contributed by atoms with Gasteiger partial charge in [0.15, 0.2) is 0 Å². The number of ether oxygens (including phenoxy) is 1. The van der Waals surface area contributed by atoms with Crippen molar-refractivity contribution < 1.29 is 14.3 Å². The number of carbonyl (C=O) groups excluding carboxylic acids is 2. The molecule has 3 N–H and O–H groups in total. The second kappa shape index (κ2) is 6.15. The number of carbonyl (C=O) groups is 2. The van der Waals surface area contributed by atoms with Crippen molar-refractivity contribution in [1.82, 2.24) is 0 Å². The minimum absolute atomic E-state index is 0.0751. The molecule has 1 aromatic heterocycles. The van der Waals surface area contributed by atoms with Crippen LogP contribution in [0.4, 0.5) is 5.00 Å². The van der Waals surface area contributed by atoms with E-state index >= 15 is 0 Å². The van der Waals surface area contributed by atoms with Crippen LogP contribution in [-0.2, 0) is 9.53 Å². The lowest BCUT2D eigenvalue weighted by Crippen LogP contribution is -2.40. The van der Waals surface area contributed by atoms with Gasteiger partial charge in [-0.1, -0.05) is 12.8 Å². The summed E-state index contributed by atoms with van der Waals surface area (Å²) in [7, 11) is 1.35. The maximum absolute atomic E-state index is 12.6. The molecule has 1 fully saturated rings. The van der Waals surface area contributed by atoms with Crippen LogP contribution in [-0.4, -0.2) is 25.5 Å². The quantitative estimate of drug-likeness (QED) is 0.838. The minimum Gasteiger partial charge on any atom is -0.465 e. The summed E-state index contributed by atoms with van der Waals surface area (Å²) in [5.41, 5.74) is 6.66. The topological polar surface area (TPSA) is 81.4 Å². The van der Waals surface area contributed by atoms with E-state index < -0.39 is 11.4 Å². The Labute approximate surface area is 128 Å². The highest BCUT2D eigenvalue weighted by Crippen LogP contribution is 2.40. The first kappa shape index (κ1) is 16.0. The molecule has 0 radical (unpaired) electrons. The molecular weight excluding hydrogens is 288 g/mol. The summed E-state index contributed by atoms with van der Waals surface area (Å²) >= 11 is 1.41. The van der Waals surface area contributed by atoms with Crippen molar-refractivity contribution in [2.24, 2.45) is 11.1 Å². The molecule has 1 saturated carbocycles. The van der Waals surface area contributed by atoms with Crippen LogP contribution in [0.3, 0.4) is 0 Å². The molecular formula is C15H22N2O3S. The van der Waals surface area contributed by atoms with Gasteiger partial charge in [0.05, 0.1) is 18.1 Å². The van der Waals surface area contributed by atoms with Gasteiger partial charge in [-0.25, -0.2) is 4.79 Å². The van der Waals surface area contributed by atoms with Crippen molar-refractivity contribution in [3.8, 4) is 0 Å². The predicted molar refractivity (Wildman–Crippen MR) is 83.7 cm³/mol. The molecule has 0 aliphatic heterocycles. The van der Waals surface area contributed by atoms with Crippen LogP contribution < -0.4 is 11.1 Å². The Bertz CT molecular complexity index is 560. The van der Waals surface area contributed by atoms with E-state index in [1.54, 1.807) is 0 Å². The minimum atomic E-state index is -0.487. The van der Waals surface area contributed by atoms with E-state index in [0.29, 0.717) is 17.1 Å². The van der Waals surface area contributed by atoms with Gasteiger partial charge in [-0.15, -0.1) is 11.3 Å². The third-order valence-electron chi connectivity index (χ3n) is 4.43. The highest BCUT2D eigenvalue weighted by Gasteiger charge is 2.40. The first-order valence-corrected chi connectivity index (χ1v) is 7.96. The van der Waals surface area contributed by atoms with Crippen LogP contribution in [0, 0.1) is 19.3 Å². The van der Waals surface area contributed by atoms with Gasteiger partial charge < -0.3 is 15.8 Å². The van der Waals surface area contributed by atoms with Gasteiger partial charge in [0.1, 0.15) is 5.00 Å². The fraction of sp³-hybridized carbons (Fsp3) is 0.600. The van der Waals surface area contributed by atoms with Crippen molar-refractivity contribution in [2.75, 3.05) is 19.0 Å². The maximum Gasteiger partial charge on any atom is 0.341 e. The van der Waals surface area contributed by atoms with Crippen molar-refractivity contribution in [3.63, 3.8) is 0 Å². The monoisotopic (exact) mass is 310 g/mol. The molecule has 0 spiro atoms. The zero-order valence-electron chi connectivity index (χ0n) is 12.7. The molecule has 1 aliphatic carbocycles. The van der Waals surface area contributed by atoms with Crippen LogP contribution in [0.1, 0.15) is 46.5 Å². The van der Waals surface area contributed by atoms with Crippen molar-refractivity contribution in [3.05, 3.63) is 16.0 Å². The van der Waals surface area contributed by atoms with E-state index in [1.807, 2.05) is 13.8 Å². The largest absolute Gasteiger partial charge is 0.465 e. The number of methoxy groups -OCH3 is 1. The summed E-state index contributed by atoms with van der Waals surface area (Å²) in [6, 6.07) is 0. The summed E-state index contributed by atoms with van der Waals surface area (Å²) in [6.07, 6.45) is 3.67. The molecule has 1 amide bonds. The Balaban J connectivity index is 2.29. The smallest absolute Gasteiger partial charge is 0.341 e. The zero-order chi connectivity index (χ0) is 15.6. The summed E-state index contributed by atoms with van der Waals surface area (Å²) in [5, 5.41) is 3.49. The Kier molecular flexibility index (Phi) is 4.68. The highest BCUT2D eigenvalue weighted by molar-refractivity contribution is 7.16. The van der Waals surface area contributed by atoms with E-state index in [0.717, 1.165) is 36.1 Å². The van der Waals surface area contributed by atoms with Gasteiger partial charge >= 0.3 is 5.97 Å². The molecule has 0 aromatic carbocycles. The summed E-state index contributed by atoms with van der Waals surface area (Å²) in [5.74, 6) is -0.491. The molecule has 0 bridgehead atoms. The number of amides is 1. The number of hydrogen-bond acceptors (Lipinski definition) is 5. The van der Waals surface area contributed by atoms with Gasteiger partial charge in [-0.05, 0) is 32.3 Å². The number of thiophene rings is 1. The number of anilines is 1. The Hall–Kier alpha value is -1.40. The van der Waals surface area contributed by atoms with E-state index in [9.17, 15) is 9.59 Å². The summed E-state index contributed by atoms with van der Waals surface area (Å²) < 4.78 is 4.82. The molecule has 6 heteroatoms. The lowest BCUT2D eigenvalue weighted by Gasteiger charge is -2.25. The second-order valence-corrected chi connectivity index (χ2v) is 6.85. The molecule has 21 heavy (non-hydrogen) atoms. The average molecular weight is 310 g/mol. The van der Waals surface area contributed by atoms with Gasteiger partial charge in [0.2, 0.25) is 5.91 Å². The molecule has 5 nitrogen and oxygen atoms in total. The van der Waals surface area contributed by atoms with Crippen LogP contribution >= 0.6 is 11.3 Å². The van der Waals surface area contributed by atoms with Gasteiger partial charge in [0, 0.05) is 11.4 Å². The fourth-order valence-corrected chi connectivity index (χ4v) is 3.92. The molecule has 0 saturated heterocycles. The SMILES string of the molecule is COC(=O)c1c(NC(=O)C2(CN)CCCC2)sc(C)c1C. The number of esters is 1. The third-order valence-corrected chi connectivity index (χ3v) is 5.56. The summed E-state index contributed by atoms with van der Waals surface area (Å²) in [4.78, 5) is 25.5. The van der Waals surface area contributed by atoms with E-state index in [1.165, 1.54) is 18.4 Å². The number of nitrogens with one attached hydrogen (secondary N) is 1. The Morgan fingerprint density at radius 2 is 1.95 bits per heavy atom. The standard InChI is InChI=1S/C15H22N2O3S/c1-9-10(2)21-12(11(9)13(18)20-3)17-14(19)15(8-16)6-4-5-7-15/h4-8,16H2,1-3H3,(H,17,19). The second-order valence-electron chi connectivity index (χ2n) is 5.62. The van der Waals surface area contributed by atoms with Crippen molar-refractivity contribution >= 4 is 28.2 Å². The first-order valence-electron chi connectivity index (χ1n) is 7.15. The van der Waals surface area contributed by atoms with Crippen LogP contribution in [0.25, 0.3) is 0 Å². The molecule has 1 aromatic rings. The maximum atomic E-state index is 12.6. The summed E-state index contributed by atoms with van der Waals surface area (Å²) in [6.45, 7) is 4.13. The molecule has 1 heterocycles. The van der Waals surface area contributed by atoms with Gasteiger partial charge in [-0.2, -0.15) is 0 Å². The third kappa shape index (κ3) is 2.82. The normalized spacial score (nSPS) is 16.8. The first-order chi connectivity index (χ1) is 9.95. The predicted octanol–water partition coefficient (Wildman–Crippen LogP) is 2.61. The van der Waals surface area contributed by atoms with Crippen LogP contribution in [0.5, 0.6) is 0 Å². The number of aryl methyl sites for hydroxylation is 1. The molecule has 116 valence electrons. The van der Waals surface area contributed by atoms with Gasteiger partial charge in [0.25, 0.3) is 0 Å². The number of rotatable bonds is 4. The Morgan fingerprint density at radius 1 is 1.33 bits per heavy atom. The molecule has 0 unspecified atom stereocenters. The fourth-order valence-electron chi connectivity index (χ4n) is 2.87. The van der Waals surface area contributed by atoms with Crippen molar-refractivity contribution in [2.45, 2.75) is 39.5 Å². The molecule has 2 rings (SSSR count). The Morgan fingerprint density at radius 3 is 2.48 bits per heavy atom. The zero-order valence-corrected chi connectivity index (χ0v) is 13.6.